The minimum atomic E-state index is -4.03. The summed E-state index contributed by atoms with van der Waals surface area (Å²) in [4.78, 5) is 39.3. The quantitative estimate of drug-likeness (QED) is 0.210. The molecule has 0 spiro atoms. The molecule has 204 valence electrons. The second kappa shape index (κ2) is 11.6. The van der Waals surface area contributed by atoms with Gasteiger partial charge in [-0.1, -0.05) is 17.7 Å². The summed E-state index contributed by atoms with van der Waals surface area (Å²) in [6.45, 7) is 1.39. The van der Waals surface area contributed by atoms with E-state index in [9.17, 15) is 22.8 Å². The molecule has 0 unspecified atom stereocenters. The van der Waals surface area contributed by atoms with E-state index in [0.717, 1.165) is 5.56 Å². The molecule has 1 amide bonds. The Morgan fingerprint density at radius 2 is 1.59 bits per heavy atom. The molecular weight excluding hydrogens is 526 g/mol. The van der Waals surface area contributed by atoms with Gasteiger partial charge in [0.1, 0.15) is 22.1 Å². The van der Waals surface area contributed by atoms with Crippen molar-refractivity contribution in [2.45, 2.75) is 18.2 Å². The van der Waals surface area contributed by atoms with E-state index in [2.05, 4.69) is 0 Å². The Balaban J connectivity index is 1.33. The number of carbonyl (C=O) groups excluding carboxylic acids is 3. The van der Waals surface area contributed by atoms with Crippen LogP contribution < -0.4 is 18.6 Å². The fourth-order valence-corrected chi connectivity index (χ4v) is 4.95. The summed E-state index contributed by atoms with van der Waals surface area (Å²) < 4.78 is 45.8. The lowest BCUT2D eigenvalue weighted by molar-refractivity contribution is -0.147. The van der Waals surface area contributed by atoms with Crippen LogP contribution in [0.4, 0.5) is 5.69 Å². The summed E-state index contributed by atoms with van der Waals surface area (Å²) in [5.74, 6) is -1.18. The second-order valence-corrected chi connectivity index (χ2v) is 10.4. The highest BCUT2D eigenvalue weighted by atomic mass is 32.2. The number of aryl methyl sites for hydroxylation is 1. The standard InChI is InChI=1S/C28H27NO9S/c1-18-4-11-23(12-5-18)39(33,34)38-21-8-6-19(7-9-21)25(30)17-37-28(32)20-14-27(31)29(16-20)24-13-10-22(35-2)15-26(24)36-3/h4-13,15,20H,14,16-17H2,1-3H3/t20-/m1/s1. The van der Waals surface area contributed by atoms with E-state index in [1.54, 1.807) is 30.3 Å². The lowest BCUT2D eigenvalue weighted by Gasteiger charge is -2.20. The number of esters is 1. The van der Waals surface area contributed by atoms with Crippen LogP contribution in [0.2, 0.25) is 0 Å². The Bertz CT molecular complexity index is 1480. The fourth-order valence-electron chi connectivity index (χ4n) is 4.02. The highest BCUT2D eigenvalue weighted by molar-refractivity contribution is 7.87. The Kier molecular flexibility index (Phi) is 8.20. The van der Waals surface area contributed by atoms with Crippen molar-refractivity contribution in [1.29, 1.82) is 0 Å². The van der Waals surface area contributed by atoms with Crippen LogP contribution in [0.15, 0.2) is 71.6 Å². The smallest absolute Gasteiger partial charge is 0.339 e. The maximum Gasteiger partial charge on any atom is 0.339 e. The SMILES string of the molecule is COc1ccc(N2C[C@H](C(=O)OCC(=O)c3ccc(OS(=O)(=O)c4ccc(C)cc4)cc3)CC2=O)c(OC)c1. The van der Waals surface area contributed by atoms with Gasteiger partial charge in [-0.2, -0.15) is 8.42 Å². The second-order valence-electron chi connectivity index (χ2n) is 8.85. The number of ether oxygens (including phenoxy) is 3. The third-order valence-electron chi connectivity index (χ3n) is 6.17. The van der Waals surface area contributed by atoms with E-state index in [-0.39, 0.29) is 35.1 Å². The maximum atomic E-state index is 12.6. The number of benzene rings is 3. The van der Waals surface area contributed by atoms with Crippen LogP contribution >= 0.6 is 0 Å². The van der Waals surface area contributed by atoms with Gasteiger partial charge < -0.3 is 23.3 Å². The number of ketones is 1. The van der Waals surface area contributed by atoms with Crippen LogP contribution in [0.3, 0.4) is 0 Å². The molecule has 1 heterocycles. The zero-order valence-electron chi connectivity index (χ0n) is 21.6. The number of Topliss-reactive ketones (excluding diaryl/α,β-unsaturated/α-hetero) is 1. The van der Waals surface area contributed by atoms with Gasteiger partial charge in [-0.25, -0.2) is 0 Å². The first-order valence-corrected chi connectivity index (χ1v) is 13.4. The molecule has 3 aromatic rings. The number of methoxy groups -OCH3 is 2. The predicted molar refractivity (Wildman–Crippen MR) is 141 cm³/mol. The normalized spacial score (nSPS) is 15.1. The van der Waals surface area contributed by atoms with Crippen LogP contribution in [-0.2, 0) is 24.4 Å². The minimum Gasteiger partial charge on any atom is -0.497 e. The van der Waals surface area contributed by atoms with Crippen molar-refractivity contribution in [3.63, 3.8) is 0 Å². The number of nitrogens with zero attached hydrogens (tertiary/aromatic N) is 1. The third-order valence-corrected chi connectivity index (χ3v) is 7.43. The maximum absolute atomic E-state index is 12.6. The summed E-state index contributed by atoms with van der Waals surface area (Å²) in [5.41, 5.74) is 1.61. The average Bonchev–Trinajstić information content (AvgIpc) is 3.32. The molecule has 39 heavy (non-hydrogen) atoms. The van der Waals surface area contributed by atoms with Crippen LogP contribution in [-0.4, -0.2) is 53.4 Å². The summed E-state index contributed by atoms with van der Waals surface area (Å²) >= 11 is 0. The van der Waals surface area contributed by atoms with Crippen molar-refractivity contribution in [2.75, 3.05) is 32.3 Å². The summed E-state index contributed by atoms with van der Waals surface area (Å²) in [6, 6.07) is 16.7. The van der Waals surface area contributed by atoms with Crippen LogP contribution in [0.5, 0.6) is 17.2 Å². The molecule has 1 saturated heterocycles. The van der Waals surface area contributed by atoms with E-state index < -0.39 is 34.4 Å². The van der Waals surface area contributed by atoms with Crippen LogP contribution in [0.1, 0.15) is 22.3 Å². The first-order chi connectivity index (χ1) is 18.6. The van der Waals surface area contributed by atoms with E-state index in [1.165, 1.54) is 55.5 Å². The molecule has 10 nitrogen and oxygen atoms in total. The Morgan fingerprint density at radius 3 is 2.23 bits per heavy atom. The van der Waals surface area contributed by atoms with Gasteiger partial charge in [-0.3, -0.25) is 14.4 Å². The number of hydrogen-bond acceptors (Lipinski definition) is 9. The summed E-state index contributed by atoms with van der Waals surface area (Å²) in [6.07, 6.45) is -0.0658. The molecule has 1 atom stereocenters. The van der Waals surface area contributed by atoms with Gasteiger partial charge in [-0.05, 0) is 55.5 Å². The van der Waals surface area contributed by atoms with Crippen molar-refractivity contribution in [2.24, 2.45) is 5.92 Å². The summed E-state index contributed by atoms with van der Waals surface area (Å²) in [5, 5.41) is 0. The molecule has 0 N–H and O–H groups in total. The molecule has 0 aliphatic carbocycles. The topological polar surface area (TPSA) is 126 Å². The molecule has 0 bridgehead atoms. The van der Waals surface area contributed by atoms with Crippen molar-refractivity contribution >= 4 is 33.5 Å². The van der Waals surface area contributed by atoms with E-state index in [0.29, 0.717) is 17.2 Å². The van der Waals surface area contributed by atoms with Gasteiger partial charge in [0.05, 0.1) is 25.8 Å². The monoisotopic (exact) mass is 553 g/mol. The van der Waals surface area contributed by atoms with E-state index >= 15 is 0 Å². The van der Waals surface area contributed by atoms with Gasteiger partial charge in [0, 0.05) is 24.6 Å². The Labute approximate surface area is 226 Å². The van der Waals surface area contributed by atoms with Crippen molar-refractivity contribution in [3.05, 3.63) is 77.9 Å². The lowest BCUT2D eigenvalue weighted by atomic mass is 10.1. The molecule has 11 heteroatoms. The van der Waals surface area contributed by atoms with E-state index in [4.69, 9.17) is 18.4 Å². The molecule has 1 aliphatic rings. The van der Waals surface area contributed by atoms with Crippen LogP contribution in [0, 0.1) is 12.8 Å². The van der Waals surface area contributed by atoms with Gasteiger partial charge in [0.2, 0.25) is 5.91 Å². The first-order valence-electron chi connectivity index (χ1n) is 11.9. The van der Waals surface area contributed by atoms with E-state index in [1.807, 2.05) is 6.92 Å². The molecular formula is C28H27NO9S. The minimum absolute atomic E-state index is 0.00885. The van der Waals surface area contributed by atoms with Gasteiger partial charge in [0.25, 0.3) is 0 Å². The number of anilines is 1. The molecule has 1 fully saturated rings. The highest BCUT2D eigenvalue weighted by Crippen LogP contribution is 2.36. The third kappa shape index (κ3) is 6.37. The number of rotatable bonds is 10. The first kappa shape index (κ1) is 27.6. The molecule has 0 aromatic heterocycles. The fraction of sp³-hybridized carbons (Fsp3) is 0.250. The molecule has 4 rings (SSSR count). The molecule has 0 saturated carbocycles. The highest BCUT2D eigenvalue weighted by Gasteiger charge is 2.37. The predicted octanol–water partition coefficient (Wildman–Crippen LogP) is 3.56. The molecule has 0 radical (unpaired) electrons. The van der Waals surface area contributed by atoms with Crippen molar-refractivity contribution < 1.29 is 41.2 Å². The van der Waals surface area contributed by atoms with Gasteiger partial charge in [-0.15, -0.1) is 0 Å². The van der Waals surface area contributed by atoms with Crippen molar-refractivity contribution in [3.8, 4) is 17.2 Å². The van der Waals surface area contributed by atoms with Gasteiger partial charge >= 0.3 is 16.1 Å². The Hall–Kier alpha value is -4.38. The van der Waals surface area contributed by atoms with Crippen LogP contribution in [0.25, 0.3) is 0 Å². The summed E-state index contributed by atoms with van der Waals surface area (Å²) in [7, 11) is -1.05. The molecule has 1 aliphatic heterocycles. The number of hydrogen-bond donors (Lipinski definition) is 0. The zero-order chi connectivity index (χ0) is 28.2. The lowest BCUT2D eigenvalue weighted by Crippen LogP contribution is -2.27. The largest absolute Gasteiger partial charge is 0.497 e. The van der Waals surface area contributed by atoms with Crippen molar-refractivity contribution in [1.82, 2.24) is 0 Å². The number of carbonyl (C=O) groups is 3. The number of amides is 1. The van der Waals surface area contributed by atoms with Gasteiger partial charge in [0.15, 0.2) is 12.4 Å². The Morgan fingerprint density at radius 1 is 0.923 bits per heavy atom. The zero-order valence-corrected chi connectivity index (χ0v) is 22.4. The molecule has 3 aromatic carbocycles. The average molecular weight is 554 g/mol.